The van der Waals surface area contributed by atoms with E-state index >= 15 is 0 Å². The Kier molecular flexibility index (Phi) is 4.93. The van der Waals surface area contributed by atoms with Gasteiger partial charge in [-0.3, -0.25) is 9.88 Å². The van der Waals surface area contributed by atoms with E-state index in [0.717, 1.165) is 25.4 Å². The van der Waals surface area contributed by atoms with Crippen molar-refractivity contribution in [3.05, 3.63) is 54.2 Å². The minimum absolute atomic E-state index is 0.0830. The Morgan fingerprint density at radius 1 is 1.20 bits per heavy atom. The van der Waals surface area contributed by atoms with E-state index in [9.17, 15) is 0 Å². The van der Waals surface area contributed by atoms with E-state index in [1.165, 1.54) is 5.56 Å². The van der Waals surface area contributed by atoms with Crippen LogP contribution in [0.5, 0.6) is 0 Å². The molecule has 2 N–H and O–H groups in total. The topological polar surface area (TPSA) is 55.3 Å². The van der Waals surface area contributed by atoms with Crippen molar-refractivity contribution in [3.8, 4) is 0 Å². The molecule has 0 aliphatic rings. The lowest BCUT2D eigenvalue weighted by Crippen LogP contribution is -2.38. The van der Waals surface area contributed by atoms with Gasteiger partial charge in [0.1, 0.15) is 5.76 Å². The fraction of sp³-hybridized carbons (Fsp3) is 0.438. The molecular formula is C16H23N3O. The Morgan fingerprint density at radius 3 is 2.55 bits per heavy atom. The first-order chi connectivity index (χ1) is 9.59. The first kappa shape index (κ1) is 14.8. The number of aromatic nitrogens is 1. The van der Waals surface area contributed by atoms with Crippen molar-refractivity contribution >= 4 is 0 Å². The summed E-state index contributed by atoms with van der Waals surface area (Å²) in [5.41, 5.74) is 7.19. The van der Waals surface area contributed by atoms with Crippen LogP contribution in [-0.4, -0.2) is 23.0 Å². The van der Waals surface area contributed by atoms with Crippen LogP contribution in [0.1, 0.15) is 25.2 Å². The zero-order valence-corrected chi connectivity index (χ0v) is 12.2. The molecule has 0 amide bonds. The average molecular weight is 273 g/mol. The molecule has 0 aliphatic heterocycles. The molecule has 0 aromatic carbocycles. The van der Waals surface area contributed by atoms with Gasteiger partial charge in [0.25, 0.3) is 0 Å². The molecule has 2 rings (SSSR count). The van der Waals surface area contributed by atoms with Crippen LogP contribution in [0.2, 0.25) is 0 Å². The monoisotopic (exact) mass is 273 g/mol. The summed E-state index contributed by atoms with van der Waals surface area (Å²) in [5, 5.41) is 0. The van der Waals surface area contributed by atoms with Crippen molar-refractivity contribution in [2.75, 3.05) is 13.1 Å². The number of furan rings is 1. The van der Waals surface area contributed by atoms with Gasteiger partial charge in [0.05, 0.1) is 12.8 Å². The Balaban J connectivity index is 2.07. The summed E-state index contributed by atoms with van der Waals surface area (Å²) in [6.45, 7) is 7.62. The second-order valence-corrected chi connectivity index (χ2v) is 5.95. The van der Waals surface area contributed by atoms with Gasteiger partial charge < -0.3 is 10.2 Å². The van der Waals surface area contributed by atoms with E-state index in [-0.39, 0.29) is 5.41 Å². The van der Waals surface area contributed by atoms with E-state index in [2.05, 4.69) is 23.7 Å². The molecule has 2 heterocycles. The summed E-state index contributed by atoms with van der Waals surface area (Å²) in [6, 6.07) is 8.03. The molecule has 0 radical (unpaired) electrons. The molecule has 0 aliphatic carbocycles. The number of nitrogens with zero attached hydrogens (tertiary/aromatic N) is 2. The third-order valence-corrected chi connectivity index (χ3v) is 3.32. The van der Waals surface area contributed by atoms with Gasteiger partial charge in [-0.1, -0.05) is 13.8 Å². The molecule has 0 saturated heterocycles. The number of nitrogens with two attached hydrogens (primary N) is 1. The van der Waals surface area contributed by atoms with Gasteiger partial charge in [-0.15, -0.1) is 0 Å². The summed E-state index contributed by atoms with van der Waals surface area (Å²) < 4.78 is 5.46. The highest BCUT2D eigenvalue weighted by Crippen LogP contribution is 2.19. The van der Waals surface area contributed by atoms with Crippen molar-refractivity contribution in [3.63, 3.8) is 0 Å². The number of pyridine rings is 1. The molecule has 0 fully saturated rings. The van der Waals surface area contributed by atoms with Crippen LogP contribution in [0.4, 0.5) is 0 Å². The maximum atomic E-state index is 5.86. The SMILES string of the molecule is CC(C)(CN)CN(Cc1ccncc1)Cc1ccco1. The van der Waals surface area contributed by atoms with E-state index in [0.29, 0.717) is 6.54 Å². The third-order valence-electron chi connectivity index (χ3n) is 3.32. The standard InChI is InChI=1S/C16H23N3O/c1-16(2,12-17)13-19(11-15-4-3-9-20-15)10-14-5-7-18-8-6-14/h3-9H,10-13,17H2,1-2H3. The van der Waals surface area contributed by atoms with E-state index < -0.39 is 0 Å². The largest absolute Gasteiger partial charge is 0.468 e. The molecule has 4 heteroatoms. The van der Waals surface area contributed by atoms with Crippen molar-refractivity contribution in [1.82, 2.24) is 9.88 Å². The van der Waals surface area contributed by atoms with Gasteiger partial charge in [0, 0.05) is 25.5 Å². The summed E-state index contributed by atoms with van der Waals surface area (Å²) in [6.07, 6.45) is 5.37. The molecule has 0 unspecified atom stereocenters. The first-order valence-corrected chi connectivity index (χ1v) is 6.93. The van der Waals surface area contributed by atoms with Crippen LogP contribution >= 0.6 is 0 Å². The van der Waals surface area contributed by atoms with Gasteiger partial charge in [-0.25, -0.2) is 0 Å². The van der Waals surface area contributed by atoms with Gasteiger partial charge in [0.15, 0.2) is 0 Å². The smallest absolute Gasteiger partial charge is 0.117 e. The Labute approximate surface area is 120 Å². The predicted molar refractivity (Wildman–Crippen MR) is 79.9 cm³/mol. The minimum Gasteiger partial charge on any atom is -0.468 e. The van der Waals surface area contributed by atoms with E-state index in [1.54, 1.807) is 6.26 Å². The maximum absolute atomic E-state index is 5.86. The van der Waals surface area contributed by atoms with Gasteiger partial charge in [-0.05, 0) is 41.8 Å². The van der Waals surface area contributed by atoms with Gasteiger partial charge >= 0.3 is 0 Å². The van der Waals surface area contributed by atoms with Crippen molar-refractivity contribution in [1.29, 1.82) is 0 Å². The highest BCUT2D eigenvalue weighted by molar-refractivity contribution is 5.10. The minimum atomic E-state index is 0.0830. The van der Waals surface area contributed by atoms with Crippen molar-refractivity contribution < 1.29 is 4.42 Å². The highest BCUT2D eigenvalue weighted by Gasteiger charge is 2.21. The van der Waals surface area contributed by atoms with Crippen LogP contribution in [-0.2, 0) is 13.1 Å². The van der Waals surface area contributed by atoms with Gasteiger partial charge in [-0.2, -0.15) is 0 Å². The molecule has 4 nitrogen and oxygen atoms in total. The Morgan fingerprint density at radius 2 is 1.95 bits per heavy atom. The molecule has 2 aromatic rings. The second kappa shape index (κ2) is 6.68. The summed E-state index contributed by atoms with van der Waals surface area (Å²) in [5.74, 6) is 0.979. The van der Waals surface area contributed by atoms with Crippen molar-refractivity contribution in [2.45, 2.75) is 26.9 Å². The predicted octanol–water partition coefficient (Wildman–Crippen LogP) is 2.66. The Hall–Kier alpha value is -1.65. The van der Waals surface area contributed by atoms with Crippen LogP contribution in [0.25, 0.3) is 0 Å². The lowest BCUT2D eigenvalue weighted by atomic mass is 9.93. The zero-order valence-electron chi connectivity index (χ0n) is 12.2. The third kappa shape index (κ3) is 4.47. The van der Waals surface area contributed by atoms with Crippen LogP contribution in [0.3, 0.4) is 0 Å². The van der Waals surface area contributed by atoms with Crippen LogP contribution in [0, 0.1) is 5.41 Å². The van der Waals surface area contributed by atoms with Crippen LogP contribution < -0.4 is 5.73 Å². The quantitative estimate of drug-likeness (QED) is 0.842. The average Bonchev–Trinajstić information content (AvgIpc) is 2.92. The molecule has 108 valence electrons. The molecule has 2 aromatic heterocycles. The maximum Gasteiger partial charge on any atom is 0.117 e. The number of rotatable bonds is 7. The fourth-order valence-corrected chi connectivity index (χ4v) is 2.21. The normalized spacial score (nSPS) is 12.0. The summed E-state index contributed by atoms with van der Waals surface area (Å²) in [7, 11) is 0. The Bertz CT molecular complexity index is 494. The lowest BCUT2D eigenvalue weighted by molar-refractivity contribution is 0.158. The van der Waals surface area contributed by atoms with Crippen molar-refractivity contribution in [2.24, 2.45) is 11.1 Å². The molecule has 0 bridgehead atoms. The first-order valence-electron chi connectivity index (χ1n) is 6.93. The zero-order chi connectivity index (χ0) is 14.4. The number of hydrogen-bond acceptors (Lipinski definition) is 4. The van der Waals surface area contributed by atoms with Gasteiger partial charge in [0.2, 0.25) is 0 Å². The van der Waals surface area contributed by atoms with E-state index in [4.69, 9.17) is 10.2 Å². The molecule has 20 heavy (non-hydrogen) atoms. The molecule has 0 spiro atoms. The lowest BCUT2D eigenvalue weighted by Gasteiger charge is -2.31. The van der Waals surface area contributed by atoms with Crippen LogP contribution in [0.15, 0.2) is 47.3 Å². The molecule has 0 saturated carbocycles. The van der Waals surface area contributed by atoms with E-state index in [1.807, 2.05) is 36.7 Å². The molecule has 0 atom stereocenters. The second-order valence-electron chi connectivity index (χ2n) is 5.95. The highest BCUT2D eigenvalue weighted by atomic mass is 16.3. The number of hydrogen-bond donors (Lipinski definition) is 1. The fourth-order valence-electron chi connectivity index (χ4n) is 2.21. The summed E-state index contributed by atoms with van der Waals surface area (Å²) in [4.78, 5) is 6.42. The summed E-state index contributed by atoms with van der Waals surface area (Å²) >= 11 is 0. The molecular weight excluding hydrogens is 250 g/mol.